The van der Waals surface area contributed by atoms with Crippen LogP contribution in [-0.2, 0) is 10.0 Å². The summed E-state index contributed by atoms with van der Waals surface area (Å²) in [6.45, 7) is 1.13. The highest BCUT2D eigenvalue weighted by atomic mass is 79.9. The highest BCUT2D eigenvalue weighted by molar-refractivity contribution is 9.10. The highest BCUT2D eigenvalue weighted by Crippen LogP contribution is 2.22. The number of anilines is 1. The Kier molecular flexibility index (Phi) is 5.51. The SMILES string of the molecule is O=C(Nc1ccc(S(=O)(=O)N2CCCCC2)cc1)c1cncc(Br)c1. The van der Waals surface area contributed by atoms with E-state index in [0.29, 0.717) is 28.8 Å². The van der Waals surface area contributed by atoms with Crippen molar-refractivity contribution in [2.75, 3.05) is 18.4 Å². The maximum atomic E-state index is 12.6. The van der Waals surface area contributed by atoms with E-state index in [1.807, 2.05) is 0 Å². The van der Waals surface area contributed by atoms with Crippen LogP contribution in [0.2, 0.25) is 0 Å². The Morgan fingerprint density at radius 2 is 1.76 bits per heavy atom. The number of amides is 1. The number of pyridine rings is 1. The van der Waals surface area contributed by atoms with Crippen LogP contribution in [-0.4, -0.2) is 36.7 Å². The third-order valence-corrected chi connectivity index (χ3v) is 6.38. The fourth-order valence-corrected chi connectivity index (χ4v) is 4.59. The van der Waals surface area contributed by atoms with Gasteiger partial charge >= 0.3 is 0 Å². The summed E-state index contributed by atoms with van der Waals surface area (Å²) in [4.78, 5) is 16.4. The Hall–Kier alpha value is -1.77. The van der Waals surface area contributed by atoms with E-state index in [0.717, 1.165) is 19.3 Å². The van der Waals surface area contributed by atoms with Crippen molar-refractivity contribution in [2.24, 2.45) is 0 Å². The van der Waals surface area contributed by atoms with Gasteiger partial charge in [0.25, 0.3) is 5.91 Å². The second kappa shape index (κ2) is 7.63. The molecular formula is C17H18BrN3O3S. The fraction of sp³-hybridized carbons (Fsp3) is 0.294. The third-order valence-electron chi connectivity index (χ3n) is 4.03. The van der Waals surface area contributed by atoms with Crippen molar-refractivity contribution in [1.82, 2.24) is 9.29 Å². The molecule has 0 aliphatic carbocycles. The van der Waals surface area contributed by atoms with E-state index in [2.05, 4.69) is 26.2 Å². The molecule has 0 radical (unpaired) electrons. The van der Waals surface area contributed by atoms with Crippen LogP contribution in [0.4, 0.5) is 5.69 Å². The van der Waals surface area contributed by atoms with E-state index >= 15 is 0 Å². The van der Waals surface area contributed by atoms with Gasteiger partial charge in [0, 0.05) is 35.6 Å². The molecule has 0 atom stereocenters. The molecule has 1 aromatic heterocycles. The molecule has 1 aliphatic rings. The number of aromatic nitrogens is 1. The minimum absolute atomic E-state index is 0.247. The molecule has 1 saturated heterocycles. The van der Waals surface area contributed by atoms with Crippen LogP contribution < -0.4 is 5.32 Å². The summed E-state index contributed by atoms with van der Waals surface area (Å²) in [5.74, 6) is -0.305. The molecule has 8 heteroatoms. The van der Waals surface area contributed by atoms with Crippen molar-refractivity contribution in [1.29, 1.82) is 0 Å². The number of carbonyl (C=O) groups is 1. The summed E-state index contributed by atoms with van der Waals surface area (Å²) in [5.41, 5.74) is 0.946. The first-order chi connectivity index (χ1) is 12.0. The molecule has 1 fully saturated rings. The van der Waals surface area contributed by atoms with E-state index < -0.39 is 10.0 Å². The average Bonchev–Trinajstić information content (AvgIpc) is 2.63. The first-order valence-corrected chi connectivity index (χ1v) is 10.2. The maximum Gasteiger partial charge on any atom is 0.257 e. The van der Waals surface area contributed by atoms with E-state index in [1.54, 1.807) is 24.4 Å². The summed E-state index contributed by atoms with van der Waals surface area (Å²) < 4.78 is 27.4. The zero-order valence-corrected chi connectivity index (χ0v) is 15.9. The van der Waals surface area contributed by atoms with E-state index in [-0.39, 0.29) is 10.8 Å². The Balaban J connectivity index is 1.73. The van der Waals surface area contributed by atoms with Gasteiger partial charge in [-0.2, -0.15) is 4.31 Å². The predicted molar refractivity (Wildman–Crippen MR) is 98.9 cm³/mol. The van der Waals surface area contributed by atoms with Crippen molar-refractivity contribution in [3.8, 4) is 0 Å². The molecule has 6 nitrogen and oxygen atoms in total. The molecule has 1 aliphatic heterocycles. The first-order valence-electron chi connectivity index (χ1n) is 7.99. The summed E-state index contributed by atoms with van der Waals surface area (Å²) >= 11 is 3.27. The first kappa shape index (κ1) is 18.0. The van der Waals surface area contributed by atoms with E-state index in [1.165, 1.54) is 22.6 Å². The molecule has 0 unspecified atom stereocenters. The van der Waals surface area contributed by atoms with Crippen molar-refractivity contribution in [2.45, 2.75) is 24.2 Å². The van der Waals surface area contributed by atoms with Gasteiger partial charge in [0.1, 0.15) is 0 Å². The summed E-state index contributed by atoms with van der Waals surface area (Å²) in [6.07, 6.45) is 5.93. The predicted octanol–water partition coefficient (Wildman–Crippen LogP) is 3.27. The van der Waals surface area contributed by atoms with Crippen LogP contribution in [0, 0.1) is 0 Å². The number of carbonyl (C=O) groups excluding carboxylic acids is 1. The summed E-state index contributed by atoms with van der Waals surface area (Å²) in [6, 6.07) is 7.91. The quantitative estimate of drug-likeness (QED) is 0.817. The van der Waals surface area contributed by atoms with Gasteiger partial charge in [-0.15, -0.1) is 0 Å². The number of hydrogen-bond donors (Lipinski definition) is 1. The topological polar surface area (TPSA) is 79.4 Å². The van der Waals surface area contributed by atoms with Gasteiger partial charge in [0.2, 0.25) is 10.0 Å². The van der Waals surface area contributed by atoms with Crippen LogP contribution in [0.1, 0.15) is 29.6 Å². The zero-order chi connectivity index (χ0) is 17.9. The highest BCUT2D eigenvalue weighted by Gasteiger charge is 2.25. The minimum Gasteiger partial charge on any atom is -0.322 e. The number of nitrogens with zero attached hydrogens (tertiary/aromatic N) is 2. The van der Waals surface area contributed by atoms with Gasteiger partial charge in [0.05, 0.1) is 10.5 Å². The lowest BCUT2D eigenvalue weighted by molar-refractivity contribution is 0.102. The Bertz CT molecular complexity index is 863. The molecule has 0 spiro atoms. The van der Waals surface area contributed by atoms with E-state index in [4.69, 9.17) is 0 Å². The van der Waals surface area contributed by atoms with Crippen molar-refractivity contribution in [3.63, 3.8) is 0 Å². The Morgan fingerprint density at radius 3 is 2.40 bits per heavy atom. The van der Waals surface area contributed by atoms with Crippen LogP contribution in [0.3, 0.4) is 0 Å². The lowest BCUT2D eigenvalue weighted by Crippen LogP contribution is -2.35. The molecule has 2 aromatic rings. The van der Waals surface area contributed by atoms with Gasteiger partial charge < -0.3 is 5.32 Å². The smallest absolute Gasteiger partial charge is 0.257 e. The molecule has 2 heterocycles. The van der Waals surface area contributed by atoms with Gasteiger partial charge in [-0.05, 0) is 59.1 Å². The molecule has 1 amide bonds. The number of piperidine rings is 1. The molecule has 3 rings (SSSR count). The summed E-state index contributed by atoms with van der Waals surface area (Å²) in [7, 11) is -3.46. The number of halogens is 1. The summed E-state index contributed by atoms with van der Waals surface area (Å²) in [5, 5.41) is 2.74. The van der Waals surface area contributed by atoms with Gasteiger partial charge in [-0.25, -0.2) is 8.42 Å². The van der Waals surface area contributed by atoms with Crippen molar-refractivity contribution >= 4 is 37.5 Å². The zero-order valence-electron chi connectivity index (χ0n) is 13.5. The number of hydrogen-bond acceptors (Lipinski definition) is 4. The second-order valence-electron chi connectivity index (χ2n) is 5.84. The number of nitrogens with one attached hydrogen (secondary N) is 1. The average molecular weight is 424 g/mol. The Morgan fingerprint density at radius 1 is 1.08 bits per heavy atom. The van der Waals surface area contributed by atoms with Gasteiger partial charge in [-0.3, -0.25) is 9.78 Å². The Labute approximate surface area is 155 Å². The van der Waals surface area contributed by atoms with Crippen molar-refractivity contribution in [3.05, 3.63) is 52.8 Å². The lowest BCUT2D eigenvalue weighted by Gasteiger charge is -2.25. The largest absolute Gasteiger partial charge is 0.322 e. The maximum absolute atomic E-state index is 12.6. The van der Waals surface area contributed by atoms with Crippen molar-refractivity contribution < 1.29 is 13.2 Å². The normalized spacial score (nSPS) is 15.7. The lowest BCUT2D eigenvalue weighted by atomic mass is 10.2. The molecule has 0 bridgehead atoms. The number of rotatable bonds is 4. The van der Waals surface area contributed by atoms with Crippen LogP contribution >= 0.6 is 15.9 Å². The second-order valence-corrected chi connectivity index (χ2v) is 8.69. The number of benzene rings is 1. The molecular weight excluding hydrogens is 406 g/mol. The molecule has 0 saturated carbocycles. The standard InChI is InChI=1S/C17H18BrN3O3S/c18-14-10-13(11-19-12-14)17(22)20-15-4-6-16(7-5-15)25(23,24)21-8-2-1-3-9-21/h4-7,10-12H,1-3,8-9H2,(H,20,22). The van der Waals surface area contributed by atoms with Gasteiger partial charge in [-0.1, -0.05) is 6.42 Å². The van der Waals surface area contributed by atoms with Crippen LogP contribution in [0.5, 0.6) is 0 Å². The third kappa shape index (κ3) is 4.26. The monoisotopic (exact) mass is 423 g/mol. The van der Waals surface area contributed by atoms with E-state index in [9.17, 15) is 13.2 Å². The molecule has 132 valence electrons. The molecule has 25 heavy (non-hydrogen) atoms. The van der Waals surface area contributed by atoms with Crippen LogP contribution in [0.25, 0.3) is 0 Å². The molecule has 1 N–H and O–H groups in total. The van der Waals surface area contributed by atoms with Crippen LogP contribution in [0.15, 0.2) is 52.1 Å². The number of sulfonamides is 1. The molecule has 1 aromatic carbocycles. The fourth-order valence-electron chi connectivity index (χ4n) is 2.70. The minimum atomic E-state index is -3.46. The van der Waals surface area contributed by atoms with Gasteiger partial charge in [0.15, 0.2) is 0 Å².